The van der Waals surface area contributed by atoms with Crippen molar-refractivity contribution in [1.29, 1.82) is 0 Å². The summed E-state index contributed by atoms with van der Waals surface area (Å²) in [5.74, 6) is 3.67. The zero-order valence-corrected chi connectivity index (χ0v) is 14.3. The van der Waals surface area contributed by atoms with Gasteiger partial charge in [0.15, 0.2) is 0 Å². The summed E-state index contributed by atoms with van der Waals surface area (Å²) < 4.78 is 0. The molecule has 4 nitrogen and oxygen atoms in total. The maximum Gasteiger partial charge on any atom is 0.226 e. The first-order valence-corrected chi connectivity index (χ1v) is 9.33. The largest absolute Gasteiger partial charge is 0.352 e. The summed E-state index contributed by atoms with van der Waals surface area (Å²) in [6.45, 7) is 2.59. The molecule has 1 aromatic carbocycles. The van der Waals surface area contributed by atoms with Gasteiger partial charge in [-0.15, -0.1) is 0 Å². The van der Waals surface area contributed by atoms with Crippen LogP contribution in [0, 0.1) is 30.1 Å². The molecule has 0 spiro atoms. The van der Waals surface area contributed by atoms with E-state index in [4.69, 9.17) is 0 Å². The first kappa shape index (κ1) is 14.5. The Bertz CT molecular complexity index is 771. The number of carbonyl (C=O) groups is 1. The molecule has 126 valence electrons. The molecule has 0 aliphatic heterocycles. The molecule has 1 amide bonds. The second-order valence-corrected chi connectivity index (χ2v) is 8.55. The fraction of sp³-hybridized carbons (Fsp3) is 0.600. The Kier molecular flexibility index (Phi) is 3.07. The number of amides is 1. The van der Waals surface area contributed by atoms with Crippen molar-refractivity contribution in [3.8, 4) is 0 Å². The Hall–Kier alpha value is -1.84. The van der Waals surface area contributed by atoms with Gasteiger partial charge in [-0.05, 0) is 80.9 Å². The number of benzene rings is 1. The lowest BCUT2D eigenvalue weighted by Gasteiger charge is -2.55. The smallest absolute Gasteiger partial charge is 0.226 e. The van der Waals surface area contributed by atoms with E-state index in [9.17, 15) is 4.79 Å². The quantitative estimate of drug-likeness (QED) is 0.905. The lowest BCUT2D eigenvalue weighted by molar-refractivity contribution is -0.146. The van der Waals surface area contributed by atoms with E-state index in [2.05, 4.69) is 27.4 Å². The average molecular weight is 323 g/mol. The van der Waals surface area contributed by atoms with Crippen molar-refractivity contribution in [2.45, 2.75) is 52.0 Å². The van der Waals surface area contributed by atoms with Crippen LogP contribution >= 0.6 is 0 Å². The number of hydrogen-bond donors (Lipinski definition) is 2. The monoisotopic (exact) mass is 323 g/mol. The molecule has 4 bridgehead atoms. The third-order valence-electron chi connectivity index (χ3n) is 6.64. The summed E-state index contributed by atoms with van der Waals surface area (Å²) >= 11 is 0. The normalized spacial score (nSPS) is 34.0. The number of fused-ring (bicyclic) bond motifs is 1. The molecular formula is C20H25N3O. The first-order valence-electron chi connectivity index (χ1n) is 9.33. The second kappa shape index (κ2) is 5.08. The highest BCUT2D eigenvalue weighted by molar-refractivity contribution is 5.83. The third kappa shape index (κ3) is 2.27. The minimum Gasteiger partial charge on any atom is -0.352 e. The van der Waals surface area contributed by atoms with Crippen LogP contribution in [0.1, 0.15) is 49.9 Å². The van der Waals surface area contributed by atoms with E-state index < -0.39 is 0 Å². The van der Waals surface area contributed by atoms with Gasteiger partial charge in [-0.3, -0.25) is 4.79 Å². The number of rotatable bonds is 3. The van der Waals surface area contributed by atoms with E-state index in [1.54, 1.807) is 0 Å². The molecule has 1 aromatic heterocycles. The Morgan fingerprint density at radius 1 is 1.21 bits per heavy atom. The molecule has 4 heteroatoms. The van der Waals surface area contributed by atoms with E-state index in [1.165, 1.54) is 19.3 Å². The van der Waals surface area contributed by atoms with Crippen molar-refractivity contribution in [2.75, 3.05) is 0 Å². The maximum absolute atomic E-state index is 13.0. The van der Waals surface area contributed by atoms with Gasteiger partial charge in [0.05, 0.1) is 11.0 Å². The summed E-state index contributed by atoms with van der Waals surface area (Å²) in [4.78, 5) is 20.7. The minimum absolute atomic E-state index is 0.0522. The zero-order chi connectivity index (χ0) is 16.3. The third-order valence-corrected chi connectivity index (χ3v) is 6.64. The number of aromatic amines is 1. The summed E-state index contributed by atoms with van der Waals surface area (Å²) in [7, 11) is 0. The van der Waals surface area contributed by atoms with Gasteiger partial charge in [0.2, 0.25) is 5.91 Å². The van der Waals surface area contributed by atoms with Crippen LogP contribution in [0.25, 0.3) is 11.0 Å². The van der Waals surface area contributed by atoms with Crippen molar-refractivity contribution < 1.29 is 4.79 Å². The van der Waals surface area contributed by atoms with E-state index in [-0.39, 0.29) is 5.41 Å². The maximum atomic E-state index is 13.0. The van der Waals surface area contributed by atoms with Crippen LogP contribution in [0.3, 0.4) is 0 Å². The second-order valence-electron chi connectivity index (χ2n) is 8.55. The number of nitrogens with one attached hydrogen (secondary N) is 2. The molecular weight excluding hydrogens is 298 g/mol. The number of H-pyrrole nitrogens is 1. The van der Waals surface area contributed by atoms with E-state index >= 15 is 0 Å². The Morgan fingerprint density at radius 3 is 2.54 bits per heavy atom. The summed E-state index contributed by atoms with van der Waals surface area (Å²) in [5.41, 5.74) is 3.13. The molecule has 24 heavy (non-hydrogen) atoms. The molecule has 4 aliphatic carbocycles. The summed E-state index contributed by atoms with van der Waals surface area (Å²) in [6, 6.07) is 6.21. The molecule has 1 heterocycles. The zero-order valence-electron chi connectivity index (χ0n) is 14.3. The molecule has 0 saturated heterocycles. The number of aryl methyl sites for hydroxylation is 1. The van der Waals surface area contributed by atoms with Gasteiger partial charge in [-0.1, -0.05) is 6.07 Å². The Morgan fingerprint density at radius 2 is 1.88 bits per heavy atom. The van der Waals surface area contributed by atoms with Crippen molar-refractivity contribution in [3.05, 3.63) is 29.6 Å². The Balaban J connectivity index is 1.31. The van der Waals surface area contributed by atoms with Crippen LogP contribution in [0.2, 0.25) is 0 Å². The fourth-order valence-corrected chi connectivity index (χ4v) is 6.05. The molecule has 0 unspecified atom stereocenters. The fourth-order valence-electron chi connectivity index (χ4n) is 6.05. The Labute approximate surface area is 142 Å². The van der Waals surface area contributed by atoms with Gasteiger partial charge in [-0.2, -0.15) is 0 Å². The number of carbonyl (C=O) groups excluding carboxylic acids is 1. The SMILES string of the molecule is Cc1nc2ccc(CNC(=O)C34CC5CC(CC(C5)C3)C4)cc2[nH]1. The van der Waals surface area contributed by atoms with Crippen molar-refractivity contribution in [2.24, 2.45) is 23.2 Å². The highest BCUT2D eigenvalue weighted by Crippen LogP contribution is 2.60. The predicted octanol–water partition coefficient (Wildman–Crippen LogP) is 3.70. The van der Waals surface area contributed by atoms with E-state index in [0.29, 0.717) is 12.5 Å². The van der Waals surface area contributed by atoms with Crippen molar-refractivity contribution in [3.63, 3.8) is 0 Å². The molecule has 4 aliphatic rings. The molecule has 6 rings (SSSR count). The standard InChI is InChI=1S/C20H25N3O/c1-12-22-17-3-2-13(7-18(17)23-12)11-21-19(24)20-8-14-4-15(9-20)6-16(5-14)10-20/h2-3,7,14-16H,4-6,8-11H2,1H3,(H,21,24)(H,22,23). The highest BCUT2D eigenvalue weighted by atomic mass is 16.2. The molecule has 0 radical (unpaired) electrons. The summed E-state index contributed by atoms with van der Waals surface area (Å²) in [5, 5.41) is 3.25. The predicted molar refractivity (Wildman–Crippen MR) is 93.3 cm³/mol. The van der Waals surface area contributed by atoms with Crippen LogP contribution in [-0.4, -0.2) is 15.9 Å². The number of imidazole rings is 1. The molecule has 4 fully saturated rings. The van der Waals surface area contributed by atoms with Gasteiger partial charge >= 0.3 is 0 Å². The van der Waals surface area contributed by atoms with Crippen LogP contribution in [0.15, 0.2) is 18.2 Å². The average Bonchev–Trinajstić information content (AvgIpc) is 2.90. The number of hydrogen-bond acceptors (Lipinski definition) is 2. The van der Waals surface area contributed by atoms with Crippen LogP contribution in [0.4, 0.5) is 0 Å². The van der Waals surface area contributed by atoms with Crippen LogP contribution in [-0.2, 0) is 11.3 Å². The molecule has 2 aromatic rings. The van der Waals surface area contributed by atoms with Crippen molar-refractivity contribution >= 4 is 16.9 Å². The van der Waals surface area contributed by atoms with Gasteiger partial charge < -0.3 is 10.3 Å². The van der Waals surface area contributed by atoms with Crippen molar-refractivity contribution in [1.82, 2.24) is 15.3 Å². The molecule has 2 N–H and O–H groups in total. The van der Waals surface area contributed by atoms with Crippen LogP contribution < -0.4 is 5.32 Å². The summed E-state index contributed by atoms with van der Waals surface area (Å²) in [6.07, 6.45) is 7.52. The van der Waals surface area contributed by atoms with Gasteiger partial charge in [0, 0.05) is 12.0 Å². The van der Waals surface area contributed by atoms with Gasteiger partial charge in [0.1, 0.15) is 5.82 Å². The first-order chi connectivity index (χ1) is 11.6. The van der Waals surface area contributed by atoms with Gasteiger partial charge in [-0.25, -0.2) is 4.98 Å². The lowest BCUT2D eigenvalue weighted by Crippen LogP contribution is -2.53. The molecule has 0 atom stereocenters. The minimum atomic E-state index is -0.0522. The van der Waals surface area contributed by atoms with E-state index in [1.807, 2.05) is 13.0 Å². The molecule has 4 saturated carbocycles. The van der Waals surface area contributed by atoms with Gasteiger partial charge in [0.25, 0.3) is 0 Å². The number of nitrogens with zero attached hydrogens (tertiary/aromatic N) is 1. The number of aromatic nitrogens is 2. The van der Waals surface area contributed by atoms with Crippen LogP contribution in [0.5, 0.6) is 0 Å². The van der Waals surface area contributed by atoms with E-state index in [0.717, 1.165) is 59.4 Å². The highest BCUT2D eigenvalue weighted by Gasteiger charge is 2.54. The topological polar surface area (TPSA) is 57.8 Å². The lowest BCUT2D eigenvalue weighted by atomic mass is 9.49.